The number of rotatable bonds is 26. The molecule has 0 spiro atoms. The molecule has 2 aliphatic heterocycles. The number of unbranched alkanes of at least 4 members (excludes halogenated alkanes) is 13. The minimum atomic E-state index is -1.78. The maximum Gasteiger partial charge on any atom is 0.220 e. The van der Waals surface area contributed by atoms with Crippen molar-refractivity contribution < 1.29 is 64.6 Å². The van der Waals surface area contributed by atoms with Crippen molar-refractivity contribution in [1.29, 1.82) is 0 Å². The number of nitrogens with one attached hydrogen (secondary N) is 1. The number of aliphatic hydroxyl groups excluding tert-OH is 8. The highest BCUT2D eigenvalue weighted by Gasteiger charge is 2.50. The molecule has 0 aromatic heterocycles. The Hall–Kier alpha value is -1.27. The van der Waals surface area contributed by atoms with Crippen LogP contribution in [0, 0.1) is 0 Å². The SMILES string of the molecule is CCCCCCCC/C=C/C(O)C(COC1OC(CO)C(OC2OC(CO)C(O)C(O)C2O)C(O)C1O)NC(=O)CCCCCCCCCC. The van der Waals surface area contributed by atoms with Gasteiger partial charge in [0.05, 0.1) is 32.0 Å². The number of aliphatic hydroxyl groups is 8. The Morgan fingerprint density at radius 1 is 0.700 bits per heavy atom. The lowest BCUT2D eigenvalue weighted by Crippen LogP contribution is -2.65. The van der Waals surface area contributed by atoms with Crippen LogP contribution < -0.4 is 5.32 Å². The van der Waals surface area contributed by atoms with Gasteiger partial charge in [-0.1, -0.05) is 103 Å². The molecule has 0 bridgehead atoms. The Bertz CT molecular complexity index is 909. The standard InChI is InChI=1S/C36H67NO13/c1-3-5-7-9-11-13-15-17-19-25(40)24(37-28(41)20-18-16-14-12-10-8-6-4-2)23-47-35-33(46)31(44)34(27(22-39)49-35)50-36-32(45)30(43)29(42)26(21-38)48-36/h17,19,24-27,29-36,38-40,42-46H,3-16,18,20-23H2,1-2H3,(H,37,41)/b19-17+. The second-order valence-corrected chi connectivity index (χ2v) is 13.7. The molecular weight excluding hydrogens is 654 g/mol. The van der Waals surface area contributed by atoms with E-state index < -0.39 is 86.8 Å². The summed E-state index contributed by atoms with van der Waals surface area (Å²) in [6.07, 6.45) is 3.12. The topological polar surface area (TPSA) is 228 Å². The summed E-state index contributed by atoms with van der Waals surface area (Å²) >= 11 is 0. The minimum absolute atomic E-state index is 0.251. The maximum atomic E-state index is 12.9. The second-order valence-electron chi connectivity index (χ2n) is 13.7. The quantitative estimate of drug-likeness (QED) is 0.0454. The van der Waals surface area contributed by atoms with E-state index in [1.807, 2.05) is 6.08 Å². The van der Waals surface area contributed by atoms with Gasteiger partial charge in [-0.25, -0.2) is 0 Å². The number of hydrogen-bond acceptors (Lipinski definition) is 13. The molecular formula is C36H67NO13. The molecule has 0 radical (unpaired) electrons. The average molecular weight is 722 g/mol. The Balaban J connectivity index is 1.99. The molecule has 14 nitrogen and oxygen atoms in total. The molecule has 2 aliphatic rings. The van der Waals surface area contributed by atoms with E-state index >= 15 is 0 Å². The zero-order valence-corrected chi connectivity index (χ0v) is 30.1. The fourth-order valence-corrected chi connectivity index (χ4v) is 6.23. The zero-order chi connectivity index (χ0) is 36.9. The lowest BCUT2D eigenvalue weighted by molar-refractivity contribution is -0.359. The van der Waals surface area contributed by atoms with Crippen LogP contribution in [0.4, 0.5) is 0 Å². The largest absolute Gasteiger partial charge is 0.394 e. The third kappa shape index (κ3) is 15.4. The predicted molar refractivity (Wildman–Crippen MR) is 185 cm³/mol. The number of amides is 1. The van der Waals surface area contributed by atoms with Crippen molar-refractivity contribution in [3.8, 4) is 0 Å². The molecule has 2 rings (SSSR count). The van der Waals surface area contributed by atoms with E-state index in [9.17, 15) is 45.6 Å². The first kappa shape index (κ1) is 44.9. The highest BCUT2D eigenvalue weighted by Crippen LogP contribution is 2.29. The van der Waals surface area contributed by atoms with Gasteiger partial charge in [0, 0.05) is 6.42 Å². The van der Waals surface area contributed by atoms with Gasteiger partial charge >= 0.3 is 0 Å². The van der Waals surface area contributed by atoms with Gasteiger partial charge in [-0.15, -0.1) is 0 Å². The van der Waals surface area contributed by atoms with Gasteiger partial charge in [0.25, 0.3) is 0 Å². The Kier molecular flexibility index (Phi) is 23.0. The Morgan fingerprint density at radius 3 is 1.84 bits per heavy atom. The van der Waals surface area contributed by atoms with E-state index in [1.54, 1.807) is 6.08 Å². The Morgan fingerprint density at radius 2 is 1.24 bits per heavy atom. The summed E-state index contributed by atoms with van der Waals surface area (Å²) in [5.74, 6) is -0.251. The monoisotopic (exact) mass is 721 g/mol. The zero-order valence-electron chi connectivity index (χ0n) is 30.1. The highest BCUT2D eigenvalue weighted by atomic mass is 16.7. The van der Waals surface area contributed by atoms with Crippen molar-refractivity contribution in [3.63, 3.8) is 0 Å². The highest BCUT2D eigenvalue weighted by molar-refractivity contribution is 5.76. The molecule has 50 heavy (non-hydrogen) atoms. The van der Waals surface area contributed by atoms with Crippen LogP contribution in [0.3, 0.4) is 0 Å². The van der Waals surface area contributed by atoms with Gasteiger partial charge in [0.15, 0.2) is 12.6 Å². The molecule has 294 valence electrons. The first-order valence-corrected chi connectivity index (χ1v) is 18.9. The van der Waals surface area contributed by atoms with E-state index in [4.69, 9.17) is 18.9 Å². The van der Waals surface area contributed by atoms with E-state index in [1.165, 1.54) is 44.9 Å². The van der Waals surface area contributed by atoms with E-state index in [-0.39, 0.29) is 18.9 Å². The summed E-state index contributed by atoms with van der Waals surface area (Å²) in [6.45, 7) is 2.64. The maximum absolute atomic E-state index is 12.9. The molecule has 9 N–H and O–H groups in total. The summed E-state index contributed by atoms with van der Waals surface area (Å²) in [5.41, 5.74) is 0. The lowest BCUT2D eigenvalue weighted by atomic mass is 9.97. The van der Waals surface area contributed by atoms with Gasteiger partial charge in [-0.3, -0.25) is 4.79 Å². The summed E-state index contributed by atoms with van der Waals surface area (Å²) in [5, 5.41) is 85.7. The van der Waals surface area contributed by atoms with Crippen molar-refractivity contribution in [3.05, 3.63) is 12.2 Å². The van der Waals surface area contributed by atoms with Crippen molar-refractivity contribution in [1.82, 2.24) is 5.32 Å². The lowest BCUT2D eigenvalue weighted by Gasteiger charge is -2.46. The number of ether oxygens (including phenoxy) is 4. The summed E-state index contributed by atoms with van der Waals surface area (Å²) in [7, 11) is 0. The summed E-state index contributed by atoms with van der Waals surface area (Å²) < 4.78 is 22.4. The van der Waals surface area contributed by atoms with Crippen LogP contribution >= 0.6 is 0 Å². The molecule has 0 aromatic carbocycles. The fraction of sp³-hybridized carbons (Fsp3) is 0.917. The van der Waals surface area contributed by atoms with Gasteiger partial charge in [0.1, 0.15) is 48.8 Å². The van der Waals surface area contributed by atoms with Crippen molar-refractivity contribution in [2.45, 2.75) is 190 Å². The summed E-state index contributed by atoms with van der Waals surface area (Å²) in [6, 6.07) is -0.902. The number of carbonyl (C=O) groups excluding carboxylic acids is 1. The minimum Gasteiger partial charge on any atom is -0.394 e. The predicted octanol–water partition coefficient (Wildman–Crippen LogP) is 1.31. The van der Waals surface area contributed by atoms with Crippen molar-refractivity contribution >= 4 is 5.91 Å². The molecule has 2 saturated heterocycles. The smallest absolute Gasteiger partial charge is 0.220 e. The van der Waals surface area contributed by atoms with E-state index in [2.05, 4.69) is 19.2 Å². The molecule has 12 atom stereocenters. The number of allylic oxidation sites excluding steroid dienone is 1. The van der Waals surface area contributed by atoms with Crippen molar-refractivity contribution in [2.24, 2.45) is 0 Å². The molecule has 0 saturated carbocycles. The number of carbonyl (C=O) groups is 1. The van der Waals surface area contributed by atoms with Gasteiger partial charge in [-0.05, 0) is 19.3 Å². The van der Waals surface area contributed by atoms with Crippen LogP contribution in [0.5, 0.6) is 0 Å². The van der Waals surface area contributed by atoms with Crippen LogP contribution in [-0.4, -0.2) is 140 Å². The van der Waals surface area contributed by atoms with Crippen molar-refractivity contribution in [2.75, 3.05) is 19.8 Å². The first-order valence-electron chi connectivity index (χ1n) is 18.9. The van der Waals surface area contributed by atoms with E-state index in [0.717, 1.165) is 44.9 Å². The van der Waals surface area contributed by atoms with Gasteiger partial charge in [-0.2, -0.15) is 0 Å². The van der Waals surface area contributed by atoms with Crippen LogP contribution in [0.25, 0.3) is 0 Å². The third-order valence-corrected chi connectivity index (χ3v) is 9.47. The molecule has 0 aliphatic carbocycles. The molecule has 1 amide bonds. The second kappa shape index (κ2) is 25.7. The van der Waals surface area contributed by atoms with Crippen LogP contribution in [0.1, 0.15) is 117 Å². The van der Waals surface area contributed by atoms with Crippen LogP contribution in [-0.2, 0) is 23.7 Å². The van der Waals surface area contributed by atoms with Crippen LogP contribution in [0.2, 0.25) is 0 Å². The van der Waals surface area contributed by atoms with Gasteiger partial charge in [0.2, 0.25) is 5.91 Å². The molecule has 2 heterocycles. The summed E-state index contributed by atoms with van der Waals surface area (Å²) in [4.78, 5) is 12.9. The fourth-order valence-electron chi connectivity index (χ4n) is 6.23. The Labute approximate surface area is 297 Å². The average Bonchev–Trinajstić information content (AvgIpc) is 3.11. The molecule has 12 unspecified atom stereocenters. The molecule has 2 fully saturated rings. The normalized spacial score (nSPS) is 31.6. The van der Waals surface area contributed by atoms with E-state index in [0.29, 0.717) is 6.42 Å². The third-order valence-electron chi connectivity index (χ3n) is 9.47. The molecule has 14 heteroatoms. The first-order chi connectivity index (χ1) is 24.1. The van der Waals surface area contributed by atoms with Crippen LogP contribution in [0.15, 0.2) is 12.2 Å². The van der Waals surface area contributed by atoms with Gasteiger partial charge < -0.3 is 65.1 Å². The number of hydrogen-bond donors (Lipinski definition) is 9. The molecule has 0 aromatic rings.